The summed E-state index contributed by atoms with van der Waals surface area (Å²) >= 11 is 0. The van der Waals surface area contributed by atoms with Gasteiger partial charge in [0, 0.05) is 38.4 Å². The molecule has 2 fully saturated rings. The smallest absolute Gasteiger partial charge is 0.267 e. The Balaban J connectivity index is 1.93. The van der Waals surface area contributed by atoms with Crippen molar-refractivity contribution in [1.82, 2.24) is 9.88 Å². The summed E-state index contributed by atoms with van der Waals surface area (Å²) in [4.78, 5) is 18.4. The number of carbonyl (C=O) groups excluding carboxylic acids is 1. The monoisotopic (exact) mass is 389 g/mol. The number of pyridine rings is 1. The van der Waals surface area contributed by atoms with Crippen LogP contribution in [-0.2, 0) is 15.1 Å². The Bertz CT molecular complexity index is 662. The van der Waals surface area contributed by atoms with E-state index < -0.39 is 11.5 Å². The molecule has 1 saturated heterocycles. The molecule has 2 N–H and O–H groups in total. The number of carbonyl (C=O) groups is 1. The van der Waals surface area contributed by atoms with Crippen LogP contribution in [0.4, 0.5) is 0 Å². The number of ether oxygens (including phenoxy) is 2. The number of nitrogens with two attached hydrogens (primary N) is 1. The van der Waals surface area contributed by atoms with Crippen LogP contribution in [0.3, 0.4) is 0 Å². The van der Waals surface area contributed by atoms with E-state index in [0.29, 0.717) is 23.6 Å². The number of primary amides is 1. The molecule has 2 heterocycles. The molecule has 1 aliphatic carbocycles. The number of likely N-dealkylation sites (N-methyl/N-ethyl adjacent to an activating group) is 1. The van der Waals surface area contributed by atoms with Crippen molar-refractivity contribution in [3.05, 3.63) is 29.6 Å². The van der Waals surface area contributed by atoms with Gasteiger partial charge in [-0.2, -0.15) is 0 Å². The molecule has 156 valence electrons. The van der Waals surface area contributed by atoms with Gasteiger partial charge in [0.2, 0.25) is 0 Å². The summed E-state index contributed by atoms with van der Waals surface area (Å²) < 4.78 is 12.1. The number of nitrogens with zero attached hydrogens (tertiary/aromatic N) is 2. The van der Waals surface area contributed by atoms with E-state index in [0.717, 1.165) is 51.1 Å². The van der Waals surface area contributed by atoms with Crippen molar-refractivity contribution in [1.29, 1.82) is 0 Å². The maximum atomic E-state index is 11.7. The molecule has 0 bridgehead atoms. The lowest BCUT2D eigenvalue weighted by atomic mass is 9.65. The summed E-state index contributed by atoms with van der Waals surface area (Å²) in [6.45, 7) is 8.16. The fraction of sp³-hybridized carbons (Fsp3) is 0.727. The van der Waals surface area contributed by atoms with Gasteiger partial charge in [0.25, 0.3) is 5.91 Å². The number of hydrogen-bond donors (Lipinski definition) is 1. The Morgan fingerprint density at radius 1 is 1.39 bits per heavy atom. The summed E-state index contributed by atoms with van der Waals surface area (Å²) in [5, 5.41) is 0. The third-order valence-electron chi connectivity index (χ3n) is 6.84. The zero-order valence-electron chi connectivity index (χ0n) is 17.5. The molecule has 28 heavy (non-hydrogen) atoms. The van der Waals surface area contributed by atoms with Crippen LogP contribution < -0.4 is 5.73 Å². The first-order chi connectivity index (χ1) is 13.5. The van der Waals surface area contributed by atoms with Gasteiger partial charge in [0.15, 0.2) is 0 Å². The van der Waals surface area contributed by atoms with Crippen LogP contribution in [0.5, 0.6) is 0 Å². The summed E-state index contributed by atoms with van der Waals surface area (Å²) in [5.74, 6) is 0.189. The van der Waals surface area contributed by atoms with Crippen LogP contribution in [0.1, 0.15) is 62.0 Å². The zero-order valence-corrected chi connectivity index (χ0v) is 17.5. The number of hydrogen-bond acceptors (Lipinski definition) is 5. The lowest BCUT2D eigenvalue weighted by Crippen LogP contribution is -2.52. The maximum absolute atomic E-state index is 11.7. The molecule has 0 radical (unpaired) electrons. The van der Waals surface area contributed by atoms with E-state index in [4.69, 9.17) is 15.2 Å². The van der Waals surface area contributed by atoms with E-state index in [1.807, 2.05) is 12.1 Å². The molecule has 6 heteroatoms. The maximum Gasteiger partial charge on any atom is 0.267 e. The molecule has 1 aromatic rings. The highest BCUT2D eigenvalue weighted by molar-refractivity contribution is 5.90. The van der Waals surface area contributed by atoms with E-state index in [-0.39, 0.29) is 0 Å². The molecule has 1 aromatic heterocycles. The quantitative estimate of drug-likeness (QED) is 0.776. The highest BCUT2D eigenvalue weighted by Crippen LogP contribution is 2.48. The van der Waals surface area contributed by atoms with E-state index in [9.17, 15) is 4.79 Å². The Morgan fingerprint density at radius 2 is 2.21 bits per heavy atom. The van der Waals surface area contributed by atoms with Crippen molar-refractivity contribution in [2.45, 2.75) is 57.6 Å². The molecule has 1 saturated carbocycles. The second-order valence-electron chi connectivity index (χ2n) is 8.28. The molecular weight excluding hydrogens is 354 g/mol. The van der Waals surface area contributed by atoms with Gasteiger partial charge >= 0.3 is 0 Å². The molecule has 3 unspecified atom stereocenters. The average Bonchev–Trinajstić information content (AvgIpc) is 2.73. The SMILES string of the molecule is CCN(CC1CCCC(C)C1(OC)c1ccnc(C(N)=O)c1)[C@@H]1CCCOC1. The van der Waals surface area contributed by atoms with E-state index in [1.54, 1.807) is 13.3 Å². The first-order valence-corrected chi connectivity index (χ1v) is 10.7. The predicted molar refractivity (Wildman–Crippen MR) is 109 cm³/mol. The van der Waals surface area contributed by atoms with Crippen LogP contribution in [0.25, 0.3) is 0 Å². The van der Waals surface area contributed by atoms with Crippen molar-refractivity contribution in [3.63, 3.8) is 0 Å². The van der Waals surface area contributed by atoms with E-state index in [1.165, 1.54) is 12.8 Å². The minimum absolute atomic E-state index is 0.304. The highest BCUT2D eigenvalue weighted by atomic mass is 16.5. The predicted octanol–water partition coefficient (Wildman–Crippen LogP) is 2.96. The first-order valence-electron chi connectivity index (χ1n) is 10.7. The minimum Gasteiger partial charge on any atom is -0.380 e. The summed E-state index contributed by atoms with van der Waals surface area (Å²) in [5.41, 5.74) is 6.39. The van der Waals surface area contributed by atoms with Crippen molar-refractivity contribution < 1.29 is 14.3 Å². The number of amides is 1. The minimum atomic E-state index is -0.498. The summed E-state index contributed by atoms with van der Waals surface area (Å²) in [6, 6.07) is 4.30. The van der Waals surface area contributed by atoms with Gasteiger partial charge in [-0.1, -0.05) is 20.3 Å². The molecule has 0 aromatic carbocycles. The molecule has 4 atom stereocenters. The Labute approximate surface area is 168 Å². The fourth-order valence-corrected chi connectivity index (χ4v) is 5.37. The lowest BCUT2D eigenvalue weighted by molar-refractivity contribution is -0.137. The average molecular weight is 390 g/mol. The van der Waals surface area contributed by atoms with Gasteiger partial charge in [-0.25, -0.2) is 0 Å². The third-order valence-corrected chi connectivity index (χ3v) is 6.84. The van der Waals surface area contributed by atoms with Crippen molar-refractivity contribution in [2.24, 2.45) is 17.6 Å². The van der Waals surface area contributed by atoms with Gasteiger partial charge in [0.05, 0.1) is 12.2 Å². The van der Waals surface area contributed by atoms with Crippen LogP contribution in [0, 0.1) is 11.8 Å². The Kier molecular flexibility index (Phi) is 7.07. The molecule has 3 rings (SSSR count). The Morgan fingerprint density at radius 3 is 2.86 bits per heavy atom. The largest absolute Gasteiger partial charge is 0.380 e. The second-order valence-corrected chi connectivity index (χ2v) is 8.28. The van der Waals surface area contributed by atoms with Gasteiger partial charge in [-0.3, -0.25) is 14.7 Å². The normalized spacial score (nSPS) is 31.1. The molecule has 6 nitrogen and oxygen atoms in total. The van der Waals surface area contributed by atoms with Gasteiger partial charge in [-0.15, -0.1) is 0 Å². The number of methoxy groups -OCH3 is 1. The molecule has 0 spiro atoms. The van der Waals surface area contributed by atoms with Gasteiger partial charge in [-0.05, 0) is 55.8 Å². The zero-order chi connectivity index (χ0) is 20.1. The Hall–Kier alpha value is -1.50. The van der Waals surface area contributed by atoms with Crippen LogP contribution >= 0.6 is 0 Å². The standard InChI is InChI=1S/C22H35N3O3/c1-4-25(19-9-6-12-28-15-19)14-18-8-5-7-16(2)22(18,27-3)17-10-11-24-20(13-17)21(23)26/h10-11,13,16,18-19H,4-9,12,14-15H2,1-3H3,(H2,23,26)/t16?,18?,19-,22?/m1/s1. The van der Waals surface area contributed by atoms with Crippen molar-refractivity contribution >= 4 is 5.91 Å². The highest BCUT2D eigenvalue weighted by Gasteiger charge is 2.48. The van der Waals surface area contributed by atoms with Crippen LogP contribution in [-0.4, -0.2) is 55.2 Å². The van der Waals surface area contributed by atoms with Crippen LogP contribution in [0.2, 0.25) is 0 Å². The molecule has 1 amide bonds. The first kappa shape index (κ1) is 21.2. The molecular formula is C22H35N3O3. The molecule has 2 aliphatic rings. The number of aromatic nitrogens is 1. The fourth-order valence-electron chi connectivity index (χ4n) is 5.37. The topological polar surface area (TPSA) is 77.7 Å². The van der Waals surface area contributed by atoms with Gasteiger partial charge < -0.3 is 15.2 Å². The second kappa shape index (κ2) is 9.33. The van der Waals surface area contributed by atoms with E-state index in [2.05, 4.69) is 23.7 Å². The molecule has 1 aliphatic heterocycles. The van der Waals surface area contributed by atoms with E-state index >= 15 is 0 Å². The lowest BCUT2D eigenvalue weighted by Gasteiger charge is -2.50. The van der Waals surface area contributed by atoms with Gasteiger partial charge in [0.1, 0.15) is 5.69 Å². The van der Waals surface area contributed by atoms with Crippen molar-refractivity contribution in [3.8, 4) is 0 Å². The summed E-state index contributed by atoms with van der Waals surface area (Å²) in [7, 11) is 1.80. The third kappa shape index (κ3) is 4.09. The van der Waals surface area contributed by atoms with Crippen LogP contribution in [0.15, 0.2) is 18.3 Å². The van der Waals surface area contributed by atoms with Crippen molar-refractivity contribution in [2.75, 3.05) is 33.4 Å². The summed E-state index contributed by atoms with van der Waals surface area (Å²) in [6.07, 6.45) is 7.42. The number of rotatable bonds is 7.